The van der Waals surface area contributed by atoms with Crippen LogP contribution in [0.5, 0.6) is 0 Å². The molecule has 6 nitrogen and oxygen atoms in total. The Morgan fingerprint density at radius 2 is 1.81 bits per heavy atom. The monoisotopic (exact) mass is 389 g/mol. The first-order valence-corrected chi connectivity index (χ1v) is 10.0. The van der Waals surface area contributed by atoms with Crippen LogP contribution in [0.1, 0.15) is 32.1 Å². The minimum atomic E-state index is -0.345. The van der Waals surface area contributed by atoms with E-state index in [1.54, 1.807) is 23.1 Å². The van der Waals surface area contributed by atoms with E-state index in [1.165, 1.54) is 0 Å². The fourth-order valence-corrected chi connectivity index (χ4v) is 4.11. The van der Waals surface area contributed by atoms with Crippen molar-refractivity contribution in [3.63, 3.8) is 0 Å². The maximum absolute atomic E-state index is 12.6. The normalized spacial score (nSPS) is 23.6. The van der Waals surface area contributed by atoms with Crippen molar-refractivity contribution >= 4 is 35.0 Å². The van der Waals surface area contributed by atoms with Crippen LogP contribution in [0, 0.1) is 11.8 Å². The van der Waals surface area contributed by atoms with Gasteiger partial charge in [-0.3, -0.25) is 14.4 Å². The molecular weight excluding hydrogens is 366 g/mol. The molecule has 0 spiro atoms. The Hall–Kier alpha value is -2.08. The van der Waals surface area contributed by atoms with Crippen LogP contribution in [-0.2, 0) is 14.4 Å². The Labute approximate surface area is 163 Å². The molecule has 2 aliphatic heterocycles. The summed E-state index contributed by atoms with van der Waals surface area (Å²) in [6.07, 6.45) is 3.83. The van der Waals surface area contributed by atoms with Crippen molar-refractivity contribution in [3.8, 4) is 0 Å². The number of piperidine rings is 1. The predicted molar refractivity (Wildman–Crippen MR) is 102 cm³/mol. The Balaban J connectivity index is 1.29. The van der Waals surface area contributed by atoms with Crippen LogP contribution < -0.4 is 10.2 Å². The zero-order valence-electron chi connectivity index (χ0n) is 15.2. The number of carbonyl (C=O) groups is 3. The van der Waals surface area contributed by atoms with Gasteiger partial charge in [0.15, 0.2) is 0 Å². The lowest BCUT2D eigenvalue weighted by atomic mass is 10.0. The largest absolute Gasteiger partial charge is 0.353 e. The standard InChI is InChI=1S/C20H24ClN3O3/c21-15-2-1-3-17(11-15)24-12-14(10-18(24)25)19(26)22-16-6-8-23(9-7-16)20(27)13-4-5-13/h1-3,11,13-14,16H,4-10,12H2,(H,22,26). The Morgan fingerprint density at radius 3 is 2.48 bits per heavy atom. The molecule has 0 aromatic heterocycles. The van der Waals surface area contributed by atoms with Gasteiger partial charge < -0.3 is 15.1 Å². The summed E-state index contributed by atoms with van der Waals surface area (Å²) in [6, 6.07) is 7.21. The zero-order chi connectivity index (χ0) is 19.0. The van der Waals surface area contributed by atoms with Gasteiger partial charge in [0.25, 0.3) is 0 Å². The van der Waals surface area contributed by atoms with E-state index in [4.69, 9.17) is 11.6 Å². The topological polar surface area (TPSA) is 69.7 Å². The van der Waals surface area contributed by atoms with Crippen LogP contribution >= 0.6 is 11.6 Å². The molecule has 0 bridgehead atoms. The predicted octanol–water partition coefficient (Wildman–Crippen LogP) is 2.21. The molecule has 27 heavy (non-hydrogen) atoms. The molecular formula is C20H24ClN3O3. The van der Waals surface area contributed by atoms with E-state index in [1.807, 2.05) is 11.0 Å². The summed E-state index contributed by atoms with van der Waals surface area (Å²) in [5.74, 6) is 0.0566. The van der Waals surface area contributed by atoms with Gasteiger partial charge in [-0.1, -0.05) is 17.7 Å². The molecule has 1 aromatic carbocycles. The van der Waals surface area contributed by atoms with Crippen molar-refractivity contribution in [1.29, 1.82) is 0 Å². The molecule has 1 aromatic rings. The number of hydrogen-bond acceptors (Lipinski definition) is 3. The molecule has 1 saturated carbocycles. The summed E-state index contributed by atoms with van der Waals surface area (Å²) in [7, 11) is 0. The third-order valence-corrected chi connectivity index (χ3v) is 5.93. The molecule has 1 atom stereocenters. The van der Waals surface area contributed by atoms with Gasteiger partial charge in [0.05, 0.1) is 5.92 Å². The maximum Gasteiger partial charge on any atom is 0.227 e. The van der Waals surface area contributed by atoms with E-state index in [-0.39, 0.29) is 42.0 Å². The van der Waals surface area contributed by atoms with Gasteiger partial charge in [0.2, 0.25) is 17.7 Å². The van der Waals surface area contributed by atoms with Gasteiger partial charge in [-0.25, -0.2) is 0 Å². The highest BCUT2D eigenvalue weighted by Crippen LogP contribution is 2.32. The fraction of sp³-hybridized carbons (Fsp3) is 0.550. The molecule has 2 saturated heterocycles. The lowest BCUT2D eigenvalue weighted by Crippen LogP contribution is -2.48. The van der Waals surface area contributed by atoms with Crippen LogP contribution in [0.2, 0.25) is 5.02 Å². The molecule has 1 N–H and O–H groups in total. The summed E-state index contributed by atoms with van der Waals surface area (Å²) >= 11 is 6.01. The minimum absolute atomic E-state index is 0.0535. The highest BCUT2D eigenvalue weighted by Gasteiger charge is 2.38. The second-order valence-electron chi connectivity index (χ2n) is 7.77. The van der Waals surface area contributed by atoms with Crippen molar-refractivity contribution < 1.29 is 14.4 Å². The molecule has 2 heterocycles. The zero-order valence-corrected chi connectivity index (χ0v) is 16.0. The summed E-state index contributed by atoms with van der Waals surface area (Å²) in [5.41, 5.74) is 0.731. The molecule has 144 valence electrons. The van der Waals surface area contributed by atoms with Gasteiger partial charge in [-0.05, 0) is 43.9 Å². The average Bonchev–Trinajstić information content (AvgIpc) is 3.43. The third kappa shape index (κ3) is 4.10. The van der Waals surface area contributed by atoms with Gasteiger partial charge in [0, 0.05) is 48.7 Å². The van der Waals surface area contributed by atoms with Crippen molar-refractivity contribution in [2.75, 3.05) is 24.5 Å². The first-order valence-electron chi connectivity index (χ1n) is 9.66. The molecule has 3 aliphatic rings. The summed E-state index contributed by atoms with van der Waals surface area (Å²) < 4.78 is 0. The van der Waals surface area contributed by atoms with E-state index in [0.29, 0.717) is 24.7 Å². The molecule has 3 amide bonds. The van der Waals surface area contributed by atoms with Crippen LogP contribution in [-0.4, -0.2) is 48.3 Å². The molecule has 7 heteroatoms. The Bertz CT molecular complexity index is 757. The quantitative estimate of drug-likeness (QED) is 0.858. The number of amides is 3. The SMILES string of the molecule is O=C(NC1CCN(C(=O)C2CC2)CC1)C1CC(=O)N(c2cccc(Cl)c2)C1. The van der Waals surface area contributed by atoms with Gasteiger partial charge in [0.1, 0.15) is 0 Å². The van der Waals surface area contributed by atoms with E-state index in [2.05, 4.69) is 5.32 Å². The summed E-state index contributed by atoms with van der Waals surface area (Å²) in [6.45, 7) is 1.79. The average molecular weight is 390 g/mol. The molecule has 1 aliphatic carbocycles. The lowest BCUT2D eigenvalue weighted by molar-refractivity contribution is -0.134. The van der Waals surface area contributed by atoms with Crippen molar-refractivity contribution in [3.05, 3.63) is 29.3 Å². The summed E-state index contributed by atoms with van der Waals surface area (Å²) in [5, 5.41) is 3.66. The van der Waals surface area contributed by atoms with Gasteiger partial charge in [-0.2, -0.15) is 0 Å². The van der Waals surface area contributed by atoms with Gasteiger partial charge >= 0.3 is 0 Å². The van der Waals surface area contributed by atoms with E-state index in [9.17, 15) is 14.4 Å². The molecule has 3 fully saturated rings. The molecule has 1 unspecified atom stereocenters. The van der Waals surface area contributed by atoms with E-state index >= 15 is 0 Å². The van der Waals surface area contributed by atoms with Crippen LogP contribution in [0.3, 0.4) is 0 Å². The van der Waals surface area contributed by atoms with Crippen molar-refractivity contribution in [1.82, 2.24) is 10.2 Å². The number of likely N-dealkylation sites (tertiary alicyclic amines) is 1. The van der Waals surface area contributed by atoms with Crippen LogP contribution in [0.15, 0.2) is 24.3 Å². The number of anilines is 1. The van der Waals surface area contributed by atoms with Gasteiger partial charge in [-0.15, -0.1) is 0 Å². The molecule has 0 radical (unpaired) electrons. The molecule has 4 rings (SSSR count). The second-order valence-corrected chi connectivity index (χ2v) is 8.20. The number of rotatable bonds is 4. The maximum atomic E-state index is 12.6. The van der Waals surface area contributed by atoms with Crippen molar-refractivity contribution in [2.24, 2.45) is 11.8 Å². The number of nitrogens with zero attached hydrogens (tertiary/aromatic N) is 2. The Morgan fingerprint density at radius 1 is 1.07 bits per heavy atom. The second kappa shape index (κ2) is 7.50. The van der Waals surface area contributed by atoms with Crippen molar-refractivity contribution in [2.45, 2.75) is 38.1 Å². The van der Waals surface area contributed by atoms with Crippen LogP contribution in [0.4, 0.5) is 5.69 Å². The number of nitrogens with one attached hydrogen (secondary N) is 1. The van der Waals surface area contributed by atoms with Crippen LogP contribution in [0.25, 0.3) is 0 Å². The highest BCUT2D eigenvalue weighted by atomic mass is 35.5. The number of carbonyl (C=O) groups excluding carboxylic acids is 3. The van der Waals surface area contributed by atoms with E-state index < -0.39 is 0 Å². The fourth-order valence-electron chi connectivity index (χ4n) is 3.93. The highest BCUT2D eigenvalue weighted by molar-refractivity contribution is 6.31. The number of halogens is 1. The Kier molecular flexibility index (Phi) is 5.08. The minimum Gasteiger partial charge on any atom is -0.353 e. The smallest absolute Gasteiger partial charge is 0.227 e. The summed E-state index contributed by atoms with van der Waals surface area (Å²) in [4.78, 5) is 40.7. The first-order chi connectivity index (χ1) is 13.0. The lowest BCUT2D eigenvalue weighted by Gasteiger charge is -2.33. The first kappa shape index (κ1) is 18.3. The van der Waals surface area contributed by atoms with E-state index in [0.717, 1.165) is 31.4 Å². The number of benzene rings is 1. The third-order valence-electron chi connectivity index (χ3n) is 5.70. The number of hydrogen-bond donors (Lipinski definition) is 1.